The smallest absolute Gasteiger partial charge is 0.148 e. The van der Waals surface area contributed by atoms with Crippen molar-refractivity contribution in [1.29, 1.82) is 0 Å². The highest BCUT2D eigenvalue weighted by Gasteiger charge is 2.08. The monoisotopic (exact) mass is 244 g/mol. The van der Waals surface area contributed by atoms with E-state index in [-0.39, 0.29) is 5.82 Å². The summed E-state index contributed by atoms with van der Waals surface area (Å²) in [6, 6.07) is 13.0. The predicted molar refractivity (Wildman–Crippen MR) is 74.1 cm³/mol. The van der Waals surface area contributed by atoms with Crippen LogP contribution in [0.15, 0.2) is 42.5 Å². The lowest BCUT2D eigenvalue weighted by atomic mass is 10.1. The first-order valence-corrected chi connectivity index (χ1v) is 5.88. The molecule has 0 atom stereocenters. The second kappa shape index (κ2) is 5.08. The first kappa shape index (κ1) is 12.4. The average molecular weight is 244 g/mol. The molecule has 0 aliphatic heterocycles. The molecule has 18 heavy (non-hydrogen) atoms. The molecule has 0 heterocycles. The summed E-state index contributed by atoms with van der Waals surface area (Å²) in [6.07, 6.45) is 0. The first-order chi connectivity index (χ1) is 8.56. The number of benzene rings is 2. The third-order valence-electron chi connectivity index (χ3n) is 2.92. The number of nitrogens with zero attached hydrogens (tertiary/aromatic N) is 1. The highest BCUT2D eigenvalue weighted by molar-refractivity contribution is 5.54. The van der Waals surface area contributed by atoms with E-state index < -0.39 is 0 Å². The number of hydrogen-bond donors (Lipinski definition) is 1. The van der Waals surface area contributed by atoms with E-state index in [1.807, 2.05) is 18.9 Å². The van der Waals surface area contributed by atoms with E-state index in [9.17, 15) is 4.39 Å². The maximum absolute atomic E-state index is 13.7. The molecule has 3 heteroatoms. The van der Waals surface area contributed by atoms with Crippen LogP contribution in [0.5, 0.6) is 0 Å². The van der Waals surface area contributed by atoms with Crippen molar-refractivity contribution < 1.29 is 4.39 Å². The minimum Gasteiger partial charge on any atom is -0.399 e. The minimum atomic E-state index is -0.287. The molecular formula is C15H17FN2. The van der Waals surface area contributed by atoms with Gasteiger partial charge in [-0.25, -0.2) is 4.39 Å². The van der Waals surface area contributed by atoms with E-state index in [0.29, 0.717) is 17.9 Å². The third kappa shape index (κ3) is 2.80. The molecule has 2 rings (SSSR count). The highest BCUT2D eigenvalue weighted by atomic mass is 19.1. The molecule has 0 fully saturated rings. The zero-order valence-corrected chi connectivity index (χ0v) is 10.7. The van der Waals surface area contributed by atoms with E-state index in [0.717, 1.165) is 5.56 Å². The molecule has 2 N–H and O–H groups in total. The van der Waals surface area contributed by atoms with Crippen molar-refractivity contribution in [2.75, 3.05) is 17.7 Å². The molecule has 0 radical (unpaired) electrons. The van der Waals surface area contributed by atoms with Gasteiger partial charge in [-0.05, 0) is 30.7 Å². The molecule has 0 spiro atoms. The zero-order valence-electron chi connectivity index (χ0n) is 10.7. The summed E-state index contributed by atoms with van der Waals surface area (Å²) >= 11 is 0. The second-order valence-electron chi connectivity index (χ2n) is 4.55. The Morgan fingerprint density at radius 2 is 1.78 bits per heavy atom. The topological polar surface area (TPSA) is 29.3 Å². The van der Waals surface area contributed by atoms with Gasteiger partial charge in [0.25, 0.3) is 0 Å². The van der Waals surface area contributed by atoms with Crippen LogP contribution < -0.4 is 10.6 Å². The Labute approximate surface area is 107 Å². The number of aryl methyl sites for hydroxylation is 1. The maximum atomic E-state index is 13.7. The molecule has 0 saturated carbocycles. The molecule has 2 aromatic rings. The largest absolute Gasteiger partial charge is 0.399 e. The fraction of sp³-hybridized carbons (Fsp3) is 0.200. The van der Waals surface area contributed by atoms with Gasteiger partial charge in [0, 0.05) is 19.3 Å². The van der Waals surface area contributed by atoms with Crippen LogP contribution in [0.2, 0.25) is 0 Å². The fourth-order valence-corrected chi connectivity index (χ4v) is 1.89. The predicted octanol–water partition coefficient (Wildman–Crippen LogP) is 3.35. The summed E-state index contributed by atoms with van der Waals surface area (Å²) in [7, 11) is 1.87. The van der Waals surface area contributed by atoms with Crippen LogP contribution in [0.25, 0.3) is 0 Å². The standard InChI is InChI=1S/C15H17FN2/c1-11-3-5-12(6-4-11)10-18(2)15-8-7-13(17)9-14(15)16/h3-9H,10,17H2,1-2H3. The van der Waals surface area contributed by atoms with Crippen molar-refractivity contribution >= 4 is 11.4 Å². The van der Waals surface area contributed by atoms with Crippen molar-refractivity contribution in [2.45, 2.75) is 13.5 Å². The molecule has 0 bridgehead atoms. The van der Waals surface area contributed by atoms with Gasteiger partial charge in [-0.2, -0.15) is 0 Å². The Balaban J connectivity index is 2.16. The Kier molecular flexibility index (Phi) is 3.51. The lowest BCUT2D eigenvalue weighted by Crippen LogP contribution is -2.17. The van der Waals surface area contributed by atoms with Crippen molar-refractivity contribution in [3.05, 3.63) is 59.4 Å². The van der Waals surface area contributed by atoms with Crippen molar-refractivity contribution in [3.8, 4) is 0 Å². The van der Waals surface area contributed by atoms with Gasteiger partial charge in [0.15, 0.2) is 0 Å². The molecule has 0 saturated heterocycles. The molecule has 0 aromatic heterocycles. The summed E-state index contributed by atoms with van der Waals surface area (Å²) in [5, 5.41) is 0. The summed E-state index contributed by atoms with van der Waals surface area (Å²) < 4.78 is 13.7. The Bertz CT molecular complexity index is 535. The van der Waals surface area contributed by atoms with Crippen molar-refractivity contribution in [1.82, 2.24) is 0 Å². The van der Waals surface area contributed by atoms with Gasteiger partial charge in [-0.15, -0.1) is 0 Å². The van der Waals surface area contributed by atoms with Gasteiger partial charge >= 0.3 is 0 Å². The third-order valence-corrected chi connectivity index (χ3v) is 2.92. The number of nitrogen functional groups attached to an aromatic ring is 1. The first-order valence-electron chi connectivity index (χ1n) is 5.88. The number of hydrogen-bond acceptors (Lipinski definition) is 2. The van der Waals surface area contributed by atoms with Crippen molar-refractivity contribution in [3.63, 3.8) is 0 Å². The second-order valence-corrected chi connectivity index (χ2v) is 4.55. The Morgan fingerprint density at radius 3 is 2.39 bits per heavy atom. The fourth-order valence-electron chi connectivity index (χ4n) is 1.89. The SMILES string of the molecule is Cc1ccc(CN(C)c2ccc(N)cc2F)cc1. The van der Waals surface area contributed by atoms with E-state index in [1.54, 1.807) is 12.1 Å². The van der Waals surface area contributed by atoms with E-state index in [4.69, 9.17) is 5.73 Å². The molecule has 0 aliphatic rings. The summed E-state index contributed by atoms with van der Waals surface area (Å²) in [6.45, 7) is 2.72. The van der Waals surface area contributed by atoms with Gasteiger partial charge < -0.3 is 10.6 Å². The highest BCUT2D eigenvalue weighted by Crippen LogP contribution is 2.22. The summed E-state index contributed by atoms with van der Waals surface area (Å²) in [4.78, 5) is 1.87. The molecule has 94 valence electrons. The molecule has 2 aromatic carbocycles. The van der Waals surface area contributed by atoms with Crippen LogP contribution in [0.4, 0.5) is 15.8 Å². The molecule has 0 unspecified atom stereocenters. The molecule has 2 nitrogen and oxygen atoms in total. The number of nitrogens with two attached hydrogens (primary N) is 1. The van der Waals surface area contributed by atoms with Crippen LogP contribution in [-0.2, 0) is 6.54 Å². The van der Waals surface area contributed by atoms with Gasteiger partial charge in [-0.3, -0.25) is 0 Å². The van der Waals surface area contributed by atoms with Crippen LogP contribution in [-0.4, -0.2) is 7.05 Å². The van der Waals surface area contributed by atoms with Crippen LogP contribution >= 0.6 is 0 Å². The zero-order chi connectivity index (χ0) is 13.1. The van der Waals surface area contributed by atoms with Crippen molar-refractivity contribution in [2.24, 2.45) is 0 Å². The van der Waals surface area contributed by atoms with Gasteiger partial charge in [0.1, 0.15) is 5.82 Å². The molecule has 0 amide bonds. The molecular weight excluding hydrogens is 227 g/mol. The number of rotatable bonds is 3. The average Bonchev–Trinajstić information content (AvgIpc) is 2.32. The summed E-state index contributed by atoms with van der Waals surface area (Å²) in [5.41, 5.74) is 8.92. The van der Waals surface area contributed by atoms with E-state index in [2.05, 4.69) is 24.3 Å². The van der Waals surface area contributed by atoms with Crippen LogP contribution in [0.1, 0.15) is 11.1 Å². The maximum Gasteiger partial charge on any atom is 0.148 e. The van der Waals surface area contributed by atoms with Crippen LogP contribution in [0.3, 0.4) is 0 Å². The van der Waals surface area contributed by atoms with E-state index >= 15 is 0 Å². The molecule has 0 aliphatic carbocycles. The van der Waals surface area contributed by atoms with Gasteiger partial charge in [-0.1, -0.05) is 29.8 Å². The minimum absolute atomic E-state index is 0.287. The quantitative estimate of drug-likeness (QED) is 0.839. The number of anilines is 2. The number of halogens is 1. The lowest BCUT2D eigenvalue weighted by molar-refractivity contribution is 0.623. The van der Waals surface area contributed by atoms with Gasteiger partial charge in [0.05, 0.1) is 5.69 Å². The van der Waals surface area contributed by atoms with Crippen LogP contribution in [0, 0.1) is 12.7 Å². The lowest BCUT2D eigenvalue weighted by Gasteiger charge is -2.20. The summed E-state index contributed by atoms with van der Waals surface area (Å²) in [5.74, 6) is -0.287. The van der Waals surface area contributed by atoms with Gasteiger partial charge in [0.2, 0.25) is 0 Å². The van der Waals surface area contributed by atoms with E-state index in [1.165, 1.54) is 11.6 Å². The normalized spacial score (nSPS) is 10.4. The Hall–Kier alpha value is -2.03. The Morgan fingerprint density at radius 1 is 1.11 bits per heavy atom.